The summed E-state index contributed by atoms with van der Waals surface area (Å²) in [7, 11) is 0. The van der Waals surface area contributed by atoms with Gasteiger partial charge in [-0.2, -0.15) is 0 Å². The highest BCUT2D eigenvalue weighted by molar-refractivity contribution is 14.1. The van der Waals surface area contributed by atoms with Gasteiger partial charge in [-0.25, -0.2) is 0 Å². The molecule has 0 saturated heterocycles. The predicted octanol–water partition coefficient (Wildman–Crippen LogP) is 4.60. The number of benzene rings is 3. The van der Waals surface area contributed by atoms with E-state index in [1.807, 2.05) is 42.5 Å². The summed E-state index contributed by atoms with van der Waals surface area (Å²) in [6, 6.07) is 23.9. The summed E-state index contributed by atoms with van der Waals surface area (Å²) in [6.45, 7) is 0. The van der Waals surface area contributed by atoms with Crippen molar-refractivity contribution in [3.63, 3.8) is 0 Å². The molecule has 0 spiro atoms. The third-order valence-electron chi connectivity index (χ3n) is 3.95. The van der Waals surface area contributed by atoms with E-state index >= 15 is 0 Å². The molecule has 3 aromatic rings. The molecule has 0 aliphatic carbocycles. The highest BCUT2D eigenvalue weighted by Gasteiger charge is 2.09. The van der Waals surface area contributed by atoms with Crippen molar-refractivity contribution in [2.75, 3.05) is 10.6 Å². The van der Waals surface area contributed by atoms with E-state index < -0.39 is 0 Å². The Morgan fingerprint density at radius 2 is 1.48 bits per heavy atom. The molecule has 0 atom stereocenters. The Labute approximate surface area is 188 Å². The minimum atomic E-state index is -0.272. The van der Waals surface area contributed by atoms with Crippen molar-refractivity contribution in [2.24, 2.45) is 0 Å². The normalized spacial score (nSPS) is 10.1. The quantitative estimate of drug-likeness (QED) is 0.343. The van der Waals surface area contributed by atoms with E-state index in [2.05, 4.69) is 38.5 Å². The number of nitrogens with one attached hydrogen (secondary N) is 3. The number of hydrogen-bond donors (Lipinski definition) is 3. The van der Waals surface area contributed by atoms with E-state index in [1.165, 1.54) is 0 Å². The molecule has 0 aliphatic rings. The van der Waals surface area contributed by atoms with Crippen molar-refractivity contribution in [2.45, 2.75) is 6.42 Å². The van der Waals surface area contributed by atoms with Crippen LogP contribution in [0.15, 0.2) is 78.9 Å². The van der Waals surface area contributed by atoms with Crippen LogP contribution in [0.2, 0.25) is 0 Å². The van der Waals surface area contributed by atoms with Gasteiger partial charge >= 0.3 is 0 Å². The molecule has 0 fully saturated rings. The zero-order valence-corrected chi connectivity index (χ0v) is 18.3. The van der Waals surface area contributed by atoms with E-state index in [9.17, 15) is 9.59 Å². The lowest BCUT2D eigenvalue weighted by atomic mass is 10.1. The molecular weight excluding hydrogens is 497 g/mol. The molecule has 0 aromatic heterocycles. The van der Waals surface area contributed by atoms with Crippen molar-refractivity contribution >= 4 is 63.1 Å². The summed E-state index contributed by atoms with van der Waals surface area (Å²) in [6.07, 6.45) is 0.315. The molecule has 5 nitrogen and oxygen atoms in total. The van der Waals surface area contributed by atoms with Crippen LogP contribution in [0.25, 0.3) is 0 Å². The topological polar surface area (TPSA) is 70.2 Å². The van der Waals surface area contributed by atoms with E-state index in [0.29, 0.717) is 23.4 Å². The van der Waals surface area contributed by atoms with E-state index in [0.717, 1.165) is 9.13 Å². The second kappa shape index (κ2) is 10.1. The fraction of sp³-hybridized carbons (Fsp3) is 0.0455. The first-order chi connectivity index (χ1) is 14.0. The van der Waals surface area contributed by atoms with E-state index in [-0.39, 0.29) is 16.9 Å². The number of anilines is 2. The lowest BCUT2D eigenvalue weighted by Gasteiger charge is -2.11. The van der Waals surface area contributed by atoms with Gasteiger partial charge in [-0.3, -0.25) is 14.9 Å². The zero-order valence-electron chi connectivity index (χ0n) is 15.3. The van der Waals surface area contributed by atoms with Gasteiger partial charge in [0.2, 0.25) is 5.91 Å². The number of thiocarbonyl (C=S) groups is 1. The summed E-state index contributed by atoms with van der Waals surface area (Å²) in [5, 5.41) is 8.68. The monoisotopic (exact) mass is 515 g/mol. The third-order valence-corrected chi connectivity index (χ3v) is 4.82. The van der Waals surface area contributed by atoms with Gasteiger partial charge < -0.3 is 10.6 Å². The number of amides is 2. The summed E-state index contributed by atoms with van der Waals surface area (Å²) < 4.78 is 0.971. The molecule has 0 heterocycles. The maximum Gasteiger partial charge on any atom is 0.257 e. The van der Waals surface area contributed by atoms with E-state index in [1.54, 1.807) is 36.4 Å². The maximum absolute atomic E-state index is 12.2. The molecule has 29 heavy (non-hydrogen) atoms. The van der Waals surface area contributed by atoms with Crippen molar-refractivity contribution in [3.8, 4) is 0 Å². The molecule has 0 bridgehead atoms. The molecular formula is C22H18IN3O2S. The van der Waals surface area contributed by atoms with Crippen LogP contribution in [0.3, 0.4) is 0 Å². The second-order valence-electron chi connectivity index (χ2n) is 6.21. The largest absolute Gasteiger partial charge is 0.332 e. The SMILES string of the molecule is O=C(Cc1ccccc1)Nc1ccc(NC(=S)NC(=O)c2cccc(I)c2)cc1. The Balaban J connectivity index is 1.51. The minimum Gasteiger partial charge on any atom is -0.332 e. The lowest BCUT2D eigenvalue weighted by Crippen LogP contribution is -2.34. The highest BCUT2D eigenvalue weighted by atomic mass is 127. The number of carbonyl (C=O) groups is 2. The summed E-state index contributed by atoms with van der Waals surface area (Å²) in [5.74, 6) is -0.358. The van der Waals surface area contributed by atoms with Gasteiger partial charge in [0.05, 0.1) is 6.42 Å². The Morgan fingerprint density at radius 3 is 2.14 bits per heavy atom. The first kappa shape index (κ1) is 20.9. The van der Waals surface area contributed by atoms with E-state index in [4.69, 9.17) is 12.2 Å². The van der Waals surface area contributed by atoms with Crippen molar-refractivity contribution in [1.82, 2.24) is 5.32 Å². The Kier molecular flexibility index (Phi) is 7.31. The van der Waals surface area contributed by atoms with Crippen LogP contribution in [0, 0.1) is 3.57 Å². The fourth-order valence-corrected chi connectivity index (χ4v) is 3.34. The smallest absolute Gasteiger partial charge is 0.257 e. The standard InChI is InChI=1S/C22H18IN3O2S/c23-17-8-4-7-16(14-17)21(28)26-22(29)25-19-11-9-18(10-12-19)24-20(27)13-15-5-2-1-3-6-15/h1-12,14H,13H2,(H,24,27)(H2,25,26,28,29). The molecule has 0 aliphatic heterocycles. The number of hydrogen-bond acceptors (Lipinski definition) is 3. The maximum atomic E-state index is 12.2. The minimum absolute atomic E-state index is 0.0859. The van der Waals surface area contributed by atoms with Crippen LogP contribution in [0.1, 0.15) is 15.9 Å². The van der Waals surface area contributed by atoms with Gasteiger partial charge in [-0.05, 0) is 82.8 Å². The molecule has 146 valence electrons. The van der Waals surface area contributed by atoms with Crippen molar-refractivity contribution in [3.05, 3.63) is 93.6 Å². The molecule has 2 amide bonds. The summed E-state index contributed by atoms with van der Waals surface area (Å²) >= 11 is 7.36. The van der Waals surface area contributed by atoms with Crippen LogP contribution in [-0.4, -0.2) is 16.9 Å². The van der Waals surface area contributed by atoms with Crippen LogP contribution in [0.5, 0.6) is 0 Å². The predicted molar refractivity (Wildman–Crippen MR) is 128 cm³/mol. The van der Waals surface area contributed by atoms with Crippen LogP contribution >= 0.6 is 34.8 Å². The Morgan fingerprint density at radius 1 is 0.828 bits per heavy atom. The Hall–Kier alpha value is -2.78. The van der Waals surface area contributed by atoms with Gasteiger partial charge in [0.15, 0.2) is 5.11 Å². The van der Waals surface area contributed by atoms with Crippen LogP contribution in [-0.2, 0) is 11.2 Å². The van der Waals surface area contributed by atoms with Gasteiger partial charge in [0, 0.05) is 20.5 Å². The second-order valence-corrected chi connectivity index (χ2v) is 7.86. The van der Waals surface area contributed by atoms with Crippen molar-refractivity contribution < 1.29 is 9.59 Å². The summed E-state index contributed by atoms with van der Waals surface area (Å²) in [5.41, 5.74) is 2.89. The van der Waals surface area contributed by atoms with Crippen molar-refractivity contribution in [1.29, 1.82) is 0 Å². The van der Waals surface area contributed by atoms with Crippen LogP contribution < -0.4 is 16.0 Å². The van der Waals surface area contributed by atoms with Gasteiger partial charge in [0.1, 0.15) is 0 Å². The summed E-state index contributed by atoms with van der Waals surface area (Å²) in [4.78, 5) is 24.4. The lowest BCUT2D eigenvalue weighted by molar-refractivity contribution is -0.115. The molecule has 0 saturated carbocycles. The molecule has 0 radical (unpaired) electrons. The van der Waals surface area contributed by atoms with Gasteiger partial charge in [-0.1, -0.05) is 36.4 Å². The average Bonchev–Trinajstić information content (AvgIpc) is 2.70. The first-order valence-electron chi connectivity index (χ1n) is 8.81. The number of carbonyl (C=O) groups excluding carboxylic acids is 2. The third kappa shape index (κ3) is 6.65. The molecule has 3 rings (SSSR count). The fourth-order valence-electron chi connectivity index (χ4n) is 2.59. The van der Waals surface area contributed by atoms with Crippen LogP contribution in [0.4, 0.5) is 11.4 Å². The number of halogens is 1. The zero-order chi connectivity index (χ0) is 20.6. The van der Waals surface area contributed by atoms with Gasteiger partial charge in [-0.15, -0.1) is 0 Å². The highest BCUT2D eigenvalue weighted by Crippen LogP contribution is 2.14. The molecule has 7 heteroatoms. The average molecular weight is 515 g/mol. The molecule has 0 unspecified atom stereocenters. The Bertz CT molecular complexity index is 1020. The number of rotatable bonds is 5. The van der Waals surface area contributed by atoms with Gasteiger partial charge in [0.25, 0.3) is 5.91 Å². The molecule has 3 aromatic carbocycles. The first-order valence-corrected chi connectivity index (χ1v) is 10.3. The molecule has 3 N–H and O–H groups in total.